The zero-order valence-electron chi connectivity index (χ0n) is 7.72. The average molecular weight is 185 g/mol. The van der Waals surface area contributed by atoms with Gasteiger partial charge in [0.1, 0.15) is 0 Å². The summed E-state index contributed by atoms with van der Waals surface area (Å²) in [6, 6.07) is -0.203. The Morgan fingerprint density at radius 3 is 2.85 bits per heavy atom. The maximum absolute atomic E-state index is 11.2. The molecule has 0 spiro atoms. The Morgan fingerprint density at radius 2 is 2.23 bits per heavy atom. The predicted molar refractivity (Wildman–Crippen MR) is 48.1 cm³/mol. The molecule has 1 atom stereocenters. The summed E-state index contributed by atoms with van der Waals surface area (Å²) in [6.45, 7) is 1.56. The van der Waals surface area contributed by atoms with Crippen LogP contribution in [0.2, 0.25) is 0 Å². The Bertz CT molecular complexity index is 206. The van der Waals surface area contributed by atoms with Crippen molar-refractivity contribution < 1.29 is 9.59 Å². The summed E-state index contributed by atoms with van der Waals surface area (Å²) >= 11 is 0. The van der Waals surface area contributed by atoms with Crippen molar-refractivity contribution in [3.05, 3.63) is 0 Å². The molecule has 1 fully saturated rings. The number of carbonyl (C=O) groups excluding carboxylic acids is 2. The molecule has 0 aromatic carbocycles. The second kappa shape index (κ2) is 4.94. The fourth-order valence-electron chi connectivity index (χ4n) is 1.26. The fraction of sp³-hybridized carbons (Fsp3) is 0.750. The molecule has 2 amide bonds. The van der Waals surface area contributed by atoms with Gasteiger partial charge < -0.3 is 10.6 Å². The first-order valence-electron chi connectivity index (χ1n) is 4.45. The van der Waals surface area contributed by atoms with Gasteiger partial charge in [-0.05, 0) is 13.5 Å². The van der Waals surface area contributed by atoms with Crippen molar-refractivity contribution in [3.8, 4) is 0 Å². The molecule has 0 aliphatic carbocycles. The van der Waals surface area contributed by atoms with Gasteiger partial charge in [0.25, 0.3) is 0 Å². The first kappa shape index (κ1) is 10.1. The van der Waals surface area contributed by atoms with Gasteiger partial charge in [-0.15, -0.1) is 0 Å². The van der Waals surface area contributed by atoms with Crippen LogP contribution < -0.4 is 16.0 Å². The molecule has 1 rings (SSSR count). The van der Waals surface area contributed by atoms with Gasteiger partial charge in [-0.2, -0.15) is 0 Å². The number of hydrogen-bond acceptors (Lipinski definition) is 4. The van der Waals surface area contributed by atoms with Crippen LogP contribution in [0.15, 0.2) is 0 Å². The number of nitrogens with one attached hydrogen (secondary N) is 3. The molecule has 1 heterocycles. The molecule has 13 heavy (non-hydrogen) atoms. The molecule has 1 unspecified atom stereocenters. The van der Waals surface area contributed by atoms with E-state index in [0.717, 1.165) is 13.1 Å². The van der Waals surface area contributed by atoms with E-state index in [2.05, 4.69) is 16.0 Å². The molecule has 0 aromatic heterocycles. The lowest BCUT2D eigenvalue weighted by molar-refractivity contribution is -0.134. The molecule has 0 aromatic rings. The minimum atomic E-state index is -0.203. The molecule has 5 heteroatoms. The molecular weight excluding hydrogens is 170 g/mol. The predicted octanol–water partition coefficient (Wildman–Crippen LogP) is -1.40. The van der Waals surface area contributed by atoms with E-state index < -0.39 is 0 Å². The standard InChI is InChI=1S/C8H15N3O2/c1-9-4-5-10-6-2-3-7(12)11-8(6)13/h6,9-10H,2-5H2,1H3,(H,11,12,13). The van der Waals surface area contributed by atoms with E-state index in [1.807, 2.05) is 7.05 Å². The lowest BCUT2D eigenvalue weighted by atomic mass is 10.1. The Kier molecular flexibility index (Phi) is 3.85. The SMILES string of the molecule is CNCCNC1CCC(=O)NC1=O. The summed E-state index contributed by atoms with van der Waals surface area (Å²) < 4.78 is 0. The summed E-state index contributed by atoms with van der Waals surface area (Å²) in [4.78, 5) is 22.0. The van der Waals surface area contributed by atoms with Crippen molar-refractivity contribution >= 4 is 11.8 Å². The van der Waals surface area contributed by atoms with Gasteiger partial charge in [0.05, 0.1) is 6.04 Å². The summed E-state index contributed by atoms with van der Waals surface area (Å²) in [5.41, 5.74) is 0. The summed E-state index contributed by atoms with van der Waals surface area (Å²) in [7, 11) is 1.85. The zero-order valence-corrected chi connectivity index (χ0v) is 7.72. The van der Waals surface area contributed by atoms with Crippen LogP contribution in [0, 0.1) is 0 Å². The molecule has 1 aliphatic heterocycles. The highest BCUT2D eigenvalue weighted by atomic mass is 16.2. The Hall–Kier alpha value is -0.940. The molecule has 5 nitrogen and oxygen atoms in total. The minimum absolute atomic E-state index is 0.170. The van der Waals surface area contributed by atoms with Crippen molar-refractivity contribution in [1.29, 1.82) is 0 Å². The molecule has 3 N–H and O–H groups in total. The van der Waals surface area contributed by atoms with E-state index in [9.17, 15) is 9.59 Å². The van der Waals surface area contributed by atoms with Crippen LogP contribution in [0.1, 0.15) is 12.8 Å². The van der Waals surface area contributed by atoms with Gasteiger partial charge in [-0.3, -0.25) is 14.9 Å². The van der Waals surface area contributed by atoms with Crippen molar-refractivity contribution in [3.63, 3.8) is 0 Å². The lowest BCUT2D eigenvalue weighted by Crippen LogP contribution is -2.51. The van der Waals surface area contributed by atoms with Gasteiger partial charge in [-0.1, -0.05) is 0 Å². The van der Waals surface area contributed by atoms with Crippen LogP contribution in [-0.4, -0.2) is 38.0 Å². The van der Waals surface area contributed by atoms with Crippen LogP contribution in [0.5, 0.6) is 0 Å². The number of rotatable bonds is 4. The number of hydrogen-bond donors (Lipinski definition) is 3. The van der Waals surface area contributed by atoms with E-state index in [4.69, 9.17) is 0 Å². The monoisotopic (exact) mass is 185 g/mol. The third-order valence-corrected chi connectivity index (χ3v) is 2.00. The summed E-state index contributed by atoms with van der Waals surface area (Å²) in [6.07, 6.45) is 1.04. The third kappa shape index (κ3) is 3.12. The average Bonchev–Trinajstić information content (AvgIpc) is 2.09. The van der Waals surface area contributed by atoms with Gasteiger partial charge >= 0.3 is 0 Å². The largest absolute Gasteiger partial charge is 0.318 e. The smallest absolute Gasteiger partial charge is 0.243 e. The molecule has 74 valence electrons. The lowest BCUT2D eigenvalue weighted by Gasteiger charge is -2.21. The summed E-state index contributed by atoms with van der Waals surface area (Å²) in [5.74, 6) is -0.371. The maximum atomic E-state index is 11.2. The zero-order chi connectivity index (χ0) is 9.68. The second-order valence-corrected chi connectivity index (χ2v) is 3.06. The molecule has 0 saturated carbocycles. The highest BCUT2D eigenvalue weighted by Crippen LogP contribution is 2.03. The van der Waals surface area contributed by atoms with Gasteiger partial charge in [0, 0.05) is 19.5 Å². The first-order valence-corrected chi connectivity index (χ1v) is 4.45. The summed E-state index contributed by atoms with van der Waals surface area (Å²) in [5, 5.41) is 8.33. The van der Waals surface area contributed by atoms with Crippen molar-refractivity contribution in [2.45, 2.75) is 18.9 Å². The number of amides is 2. The third-order valence-electron chi connectivity index (χ3n) is 2.00. The van der Waals surface area contributed by atoms with Crippen LogP contribution in [0.3, 0.4) is 0 Å². The van der Waals surface area contributed by atoms with Crippen molar-refractivity contribution in [1.82, 2.24) is 16.0 Å². The normalized spacial score (nSPS) is 23.0. The molecule has 0 radical (unpaired) electrons. The van der Waals surface area contributed by atoms with Crippen molar-refractivity contribution in [2.75, 3.05) is 20.1 Å². The van der Waals surface area contributed by atoms with E-state index in [1.54, 1.807) is 0 Å². The Balaban J connectivity index is 2.26. The number of carbonyl (C=O) groups is 2. The molecular formula is C8H15N3O2. The Labute approximate surface area is 77.3 Å². The van der Waals surface area contributed by atoms with E-state index in [1.165, 1.54) is 0 Å². The Morgan fingerprint density at radius 1 is 1.46 bits per heavy atom. The fourth-order valence-corrected chi connectivity index (χ4v) is 1.26. The van der Waals surface area contributed by atoms with Gasteiger partial charge in [0.2, 0.25) is 11.8 Å². The highest BCUT2D eigenvalue weighted by Gasteiger charge is 2.25. The first-order chi connectivity index (χ1) is 6.24. The second-order valence-electron chi connectivity index (χ2n) is 3.06. The minimum Gasteiger partial charge on any atom is -0.318 e. The molecule has 1 saturated heterocycles. The van der Waals surface area contributed by atoms with Crippen LogP contribution >= 0.6 is 0 Å². The maximum Gasteiger partial charge on any atom is 0.243 e. The quantitative estimate of drug-likeness (QED) is 0.372. The molecule has 0 bridgehead atoms. The van der Waals surface area contributed by atoms with E-state index >= 15 is 0 Å². The topological polar surface area (TPSA) is 70.2 Å². The number of piperidine rings is 1. The van der Waals surface area contributed by atoms with Gasteiger partial charge in [-0.25, -0.2) is 0 Å². The van der Waals surface area contributed by atoms with Gasteiger partial charge in [0.15, 0.2) is 0 Å². The molecule has 1 aliphatic rings. The number of likely N-dealkylation sites (N-methyl/N-ethyl adjacent to an activating group) is 1. The van der Waals surface area contributed by atoms with Crippen LogP contribution in [0.4, 0.5) is 0 Å². The van der Waals surface area contributed by atoms with E-state index in [0.29, 0.717) is 12.8 Å². The van der Waals surface area contributed by atoms with Crippen LogP contribution in [0.25, 0.3) is 0 Å². The highest BCUT2D eigenvalue weighted by molar-refractivity contribution is 6.00. The number of imide groups is 1. The van der Waals surface area contributed by atoms with E-state index in [-0.39, 0.29) is 17.9 Å². The van der Waals surface area contributed by atoms with Crippen LogP contribution in [-0.2, 0) is 9.59 Å². The van der Waals surface area contributed by atoms with Crippen molar-refractivity contribution in [2.24, 2.45) is 0 Å².